The second-order valence-corrected chi connectivity index (χ2v) is 7.08. The van der Waals surface area contributed by atoms with E-state index in [0.717, 1.165) is 17.8 Å². The van der Waals surface area contributed by atoms with Crippen molar-refractivity contribution in [1.82, 2.24) is 4.90 Å². The van der Waals surface area contributed by atoms with E-state index in [1.807, 2.05) is 0 Å². The third-order valence-corrected chi connectivity index (χ3v) is 5.94. The largest absolute Gasteiger partial charge is 0.295 e. The molecule has 102 valence electrons. The van der Waals surface area contributed by atoms with E-state index in [-0.39, 0.29) is 0 Å². The van der Waals surface area contributed by atoms with E-state index < -0.39 is 0 Å². The van der Waals surface area contributed by atoms with Crippen molar-refractivity contribution >= 4 is 5.71 Å². The summed E-state index contributed by atoms with van der Waals surface area (Å²) in [6, 6.07) is 1.95. The van der Waals surface area contributed by atoms with Crippen LogP contribution >= 0.6 is 0 Å². The van der Waals surface area contributed by atoms with Crippen LogP contribution in [-0.2, 0) is 0 Å². The quantitative estimate of drug-likeness (QED) is 0.642. The van der Waals surface area contributed by atoms with Gasteiger partial charge in [-0.15, -0.1) is 0 Å². The fraction of sp³-hybridized carbons (Fsp3) is 0.938. The monoisotopic (exact) mass is 248 g/mol. The smallest absolute Gasteiger partial charge is 0.0507 e. The van der Waals surface area contributed by atoms with Crippen LogP contribution in [-0.4, -0.2) is 35.8 Å². The van der Waals surface area contributed by atoms with Gasteiger partial charge < -0.3 is 0 Å². The fourth-order valence-corrected chi connectivity index (χ4v) is 4.56. The fourth-order valence-electron chi connectivity index (χ4n) is 4.56. The first-order chi connectivity index (χ1) is 8.58. The summed E-state index contributed by atoms with van der Waals surface area (Å²) in [6.45, 7) is 7.12. The number of hydrogen-bond acceptors (Lipinski definition) is 2. The minimum atomic E-state index is 0.568. The Morgan fingerprint density at radius 2 is 1.78 bits per heavy atom. The van der Waals surface area contributed by atoms with E-state index in [1.54, 1.807) is 5.71 Å². The van der Waals surface area contributed by atoms with Gasteiger partial charge in [0.1, 0.15) is 0 Å². The number of hydrogen-bond donors (Lipinski definition) is 0. The number of fused-ring (bicyclic) bond motifs is 3. The van der Waals surface area contributed by atoms with E-state index >= 15 is 0 Å². The molecule has 1 saturated heterocycles. The molecule has 6 unspecified atom stereocenters. The van der Waals surface area contributed by atoms with Gasteiger partial charge >= 0.3 is 0 Å². The molecule has 0 aromatic heterocycles. The number of likely N-dealkylation sites (tertiary alicyclic amines) is 1. The van der Waals surface area contributed by atoms with Crippen LogP contribution in [0.15, 0.2) is 4.99 Å². The van der Waals surface area contributed by atoms with Crippen molar-refractivity contribution in [2.24, 2.45) is 22.7 Å². The highest BCUT2D eigenvalue weighted by Crippen LogP contribution is 2.42. The molecule has 2 nitrogen and oxygen atoms in total. The summed E-state index contributed by atoms with van der Waals surface area (Å²) in [7, 11) is 2.34. The van der Waals surface area contributed by atoms with Crippen LogP contribution in [0, 0.1) is 17.8 Å². The van der Waals surface area contributed by atoms with E-state index in [1.165, 1.54) is 32.1 Å². The van der Waals surface area contributed by atoms with Gasteiger partial charge in [0.05, 0.1) is 6.04 Å². The molecule has 0 amide bonds. The minimum absolute atomic E-state index is 0.568. The van der Waals surface area contributed by atoms with Crippen LogP contribution in [0.5, 0.6) is 0 Å². The Morgan fingerprint density at radius 3 is 2.56 bits per heavy atom. The van der Waals surface area contributed by atoms with Crippen molar-refractivity contribution in [3.63, 3.8) is 0 Å². The Morgan fingerprint density at radius 1 is 1.06 bits per heavy atom. The molecule has 2 heterocycles. The standard InChI is InChI=1S/C16H28N2/c1-10-9-14-8-7-13-6-5-11(2)17-15(13)16(14)18(4)12(10)3/h10-14,16H,5-9H2,1-4H3. The maximum absolute atomic E-state index is 5.07. The zero-order chi connectivity index (χ0) is 12.9. The van der Waals surface area contributed by atoms with Crippen molar-refractivity contribution < 1.29 is 0 Å². The maximum atomic E-state index is 5.07. The molecule has 3 aliphatic rings. The predicted octanol–water partition coefficient (Wildman–Crippen LogP) is 3.36. The molecule has 6 atom stereocenters. The summed E-state index contributed by atoms with van der Waals surface area (Å²) in [6.07, 6.45) is 6.95. The minimum Gasteiger partial charge on any atom is -0.295 e. The molecule has 0 bridgehead atoms. The zero-order valence-corrected chi connectivity index (χ0v) is 12.4. The average Bonchev–Trinajstić information content (AvgIpc) is 2.35. The Hall–Kier alpha value is -0.370. The molecule has 0 radical (unpaired) electrons. The molecule has 0 aromatic carbocycles. The average molecular weight is 248 g/mol. The van der Waals surface area contributed by atoms with E-state index in [2.05, 4.69) is 32.7 Å². The molecule has 2 fully saturated rings. The molecule has 3 rings (SSSR count). The lowest BCUT2D eigenvalue weighted by Gasteiger charge is -2.52. The van der Waals surface area contributed by atoms with E-state index in [0.29, 0.717) is 18.1 Å². The van der Waals surface area contributed by atoms with Crippen LogP contribution in [0.1, 0.15) is 52.9 Å². The van der Waals surface area contributed by atoms with Crippen molar-refractivity contribution in [3.8, 4) is 0 Å². The molecule has 1 aliphatic carbocycles. The topological polar surface area (TPSA) is 15.6 Å². The van der Waals surface area contributed by atoms with Gasteiger partial charge in [-0.3, -0.25) is 9.89 Å². The first-order valence-electron chi connectivity index (χ1n) is 7.87. The highest BCUT2D eigenvalue weighted by molar-refractivity contribution is 5.93. The van der Waals surface area contributed by atoms with Crippen molar-refractivity contribution in [3.05, 3.63) is 0 Å². The van der Waals surface area contributed by atoms with Gasteiger partial charge in [0.2, 0.25) is 0 Å². The first kappa shape index (κ1) is 12.7. The molecule has 1 saturated carbocycles. The van der Waals surface area contributed by atoms with Crippen LogP contribution < -0.4 is 0 Å². The molecule has 2 aliphatic heterocycles. The molecule has 2 heteroatoms. The summed E-state index contributed by atoms with van der Waals surface area (Å²) in [4.78, 5) is 7.71. The molecule has 0 aromatic rings. The first-order valence-corrected chi connectivity index (χ1v) is 7.87. The summed E-state index contributed by atoms with van der Waals surface area (Å²) < 4.78 is 0. The molecule has 0 spiro atoms. The van der Waals surface area contributed by atoms with Crippen LogP contribution in [0.2, 0.25) is 0 Å². The van der Waals surface area contributed by atoms with Gasteiger partial charge in [-0.25, -0.2) is 0 Å². The Kier molecular flexibility index (Phi) is 3.25. The Balaban J connectivity index is 1.91. The van der Waals surface area contributed by atoms with Gasteiger partial charge in [-0.05, 0) is 70.8 Å². The molecular formula is C16H28N2. The van der Waals surface area contributed by atoms with Crippen LogP contribution in [0.4, 0.5) is 0 Å². The number of piperidine rings is 1. The maximum Gasteiger partial charge on any atom is 0.0507 e. The molecule has 0 N–H and O–H groups in total. The van der Waals surface area contributed by atoms with Crippen LogP contribution in [0.25, 0.3) is 0 Å². The number of aliphatic imine (C=N–C) groups is 1. The lowest BCUT2D eigenvalue weighted by Crippen LogP contribution is -2.58. The third-order valence-electron chi connectivity index (χ3n) is 5.94. The predicted molar refractivity (Wildman–Crippen MR) is 77.1 cm³/mol. The summed E-state index contributed by atoms with van der Waals surface area (Å²) in [5.74, 6) is 2.53. The van der Waals surface area contributed by atoms with Gasteiger partial charge in [0.15, 0.2) is 0 Å². The van der Waals surface area contributed by atoms with Gasteiger partial charge in [-0.2, -0.15) is 0 Å². The lowest BCUT2D eigenvalue weighted by molar-refractivity contribution is 0.0496. The van der Waals surface area contributed by atoms with Gasteiger partial charge in [-0.1, -0.05) is 6.92 Å². The van der Waals surface area contributed by atoms with Gasteiger partial charge in [0.25, 0.3) is 0 Å². The molecule has 18 heavy (non-hydrogen) atoms. The van der Waals surface area contributed by atoms with Gasteiger partial charge in [0, 0.05) is 17.8 Å². The van der Waals surface area contributed by atoms with Crippen molar-refractivity contribution in [2.75, 3.05) is 7.05 Å². The third kappa shape index (κ3) is 1.93. The van der Waals surface area contributed by atoms with E-state index in [4.69, 9.17) is 4.99 Å². The molecular weight excluding hydrogens is 220 g/mol. The second-order valence-electron chi connectivity index (χ2n) is 7.08. The SMILES string of the molecule is CC1CCC2CCC3CC(C)C(C)N(C)C3C2=N1. The van der Waals surface area contributed by atoms with E-state index in [9.17, 15) is 0 Å². The summed E-state index contributed by atoms with van der Waals surface area (Å²) in [5.41, 5.74) is 1.58. The number of nitrogens with zero attached hydrogens (tertiary/aromatic N) is 2. The normalized spacial score (nSPS) is 49.2. The highest BCUT2D eigenvalue weighted by atomic mass is 15.2. The highest BCUT2D eigenvalue weighted by Gasteiger charge is 2.45. The Bertz CT molecular complexity index is 347. The Labute approximate surface area is 112 Å². The zero-order valence-electron chi connectivity index (χ0n) is 12.4. The summed E-state index contributed by atoms with van der Waals surface area (Å²) in [5, 5.41) is 0. The lowest BCUT2D eigenvalue weighted by atomic mass is 9.67. The van der Waals surface area contributed by atoms with Crippen molar-refractivity contribution in [1.29, 1.82) is 0 Å². The van der Waals surface area contributed by atoms with Crippen molar-refractivity contribution in [2.45, 2.75) is 71.0 Å². The number of rotatable bonds is 0. The summed E-state index contributed by atoms with van der Waals surface area (Å²) >= 11 is 0. The van der Waals surface area contributed by atoms with Crippen LogP contribution in [0.3, 0.4) is 0 Å². The second kappa shape index (κ2) is 4.63.